The first-order valence-electron chi connectivity index (χ1n) is 6.83. The highest BCUT2D eigenvalue weighted by molar-refractivity contribution is 6.03. The fraction of sp³-hybridized carbons (Fsp3) is 0.0625. The molecule has 1 amide bonds. The maximum Gasteiger partial charge on any atom is 0.573 e. The molecule has 0 aliphatic carbocycles. The lowest BCUT2D eigenvalue weighted by atomic mass is 10.1. The van der Waals surface area contributed by atoms with Crippen LogP contribution in [0.25, 0.3) is 6.08 Å². The van der Waals surface area contributed by atoms with Crippen molar-refractivity contribution in [3.8, 4) is 5.75 Å². The lowest BCUT2D eigenvalue weighted by Crippen LogP contribution is -2.19. The molecule has 0 fully saturated rings. The molecule has 130 valence electrons. The Morgan fingerprint density at radius 1 is 1.12 bits per heavy atom. The third kappa shape index (κ3) is 5.34. The van der Waals surface area contributed by atoms with Crippen molar-refractivity contribution in [1.82, 2.24) is 0 Å². The van der Waals surface area contributed by atoms with E-state index in [0.29, 0.717) is 0 Å². The fourth-order valence-electron chi connectivity index (χ4n) is 1.92. The minimum absolute atomic E-state index is 0.183. The monoisotopic (exact) mass is 352 g/mol. The Kier molecular flexibility index (Phi) is 5.38. The van der Waals surface area contributed by atoms with Crippen LogP contribution in [-0.4, -0.2) is 17.2 Å². The van der Waals surface area contributed by atoms with Crippen LogP contribution in [0.15, 0.2) is 54.6 Å². The number of hydrogen-bond acceptors (Lipinski definition) is 4. The summed E-state index contributed by atoms with van der Waals surface area (Å²) in [6, 6.07) is 10.8. The summed E-state index contributed by atoms with van der Waals surface area (Å²) in [5.41, 5.74) is -0.202. The summed E-state index contributed by atoms with van der Waals surface area (Å²) in [7, 11) is 0. The number of nitro groups is 1. The molecule has 0 aromatic heterocycles. The van der Waals surface area contributed by atoms with Crippen LogP contribution in [0.5, 0.6) is 5.75 Å². The van der Waals surface area contributed by atoms with Gasteiger partial charge in [0.2, 0.25) is 5.91 Å². The lowest BCUT2D eigenvalue weighted by Gasteiger charge is -2.13. The van der Waals surface area contributed by atoms with Gasteiger partial charge in [0, 0.05) is 12.1 Å². The smallest absolute Gasteiger partial charge is 0.404 e. The second-order valence-electron chi connectivity index (χ2n) is 4.68. The van der Waals surface area contributed by atoms with Crippen LogP contribution in [0.2, 0.25) is 0 Å². The van der Waals surface area contributed by atoms with Gasteiger partial charge in [-0.15, -0.1) is 13.2 Å². The second-order valence-corrected chi connectivity index (χ2v) is 4.68. The number of ether oxygens (including phenoxy) is 1. The molecule has 0 radical (unpaired) electrons. The third-order valence-corrected chi connectivity index (χ3v) is 2.92. The van der Waals surface area contributed by atoms with Crippen LogP contribution in [0.4, 0.5) is 24.5 Å². The van der Waals surface area contributed by atoms with Crippen LogP contribution >= 0.6 is 0 Å². The average molecular weight is 352 g/mol. The van der Waals surface area contributed by atoms with Crippen molar-refractivity contribution in [2.75, 3.05) is 5.32 Å². The van der Waals surface area contributed by atoms with E-state index in [2.05, 4.69) is 10.1 Å². The van der Waals surface area contributed by atoms with E-state index in [1.807, 2.05) is 0 Å². The zero-order chi connectivity index (χ0) is 18.4. The minimum atomic E-state index is -4.90. The number of alkyl halides is 3. The molecule has 25 heavy (non-hydrogen) atoms. The van der Waals surface area contributed by atoms with Crippen LogP contribution in [0.3, 0.4) is 0 Å². The van der Waals surface area contributed by atoms with Gasteiger partial charge in [0.05, 0.1) is 16.2 Å². The summed E-state index contributed by atoms with van der Waals surface area (Å²) in [6.07, 6.45) is -2.73. The summed E-state index contributed by atoms with van der Waals surface area (Å²) in [6.45, 7) is 0. The molecule has 0 spiro atoms. The number of rotatable bonds is 5. The maximum absolute atomic E-state index is 12.3. The van der Waals surface area contributed by atoms with Crippen molar-refractivity contribution >= 4 is 23.4 Å². The van der Waals surface area contributed by atoms with Gasteiger partial charge < -0.3 is 10.1 Å². The summed E-state index contributed by atoms with van der Waals surface area (Å²) >= 11 is 0. The first-order chi connectivity index (χ1) is 11.8. The van der Waals surface area contributed by atoms with E-state index in [4.69, 9.17) is 0 Å². The van der Waals surface area contributed by atoms with E-state index in [9.17, 15) is 28.1 Å². The van der Waals surface area contributed by atoms with Crippen molar-refractivity contribution < 1.29 is 27.6 Å². The van der Waals surface area contributed by atoms with Gasteiger partial charge in [0.15, 0.2) is 5.75 Å². The van der Waals surface area contributed by atoms with E-state index in [0.717, 1.165) is 12.1 Å². The third-order valence-electron chi connectivity index (χ3n) is 2.92. The number of amides is 1. The first-order valence-corrected chi connectivity index (χ1v) is 6.83. The number of nitro benzene ring substituents is 1. The molecular weight excluding hydrogens is 341 g/mol. The molecule has 0 saturated carbocycles. The van der Waals surface area contributed by atoms with Crippen LogP contribution in [0, 0.1) is 10.1 Å². The van der Waals surface area contributed by atoms with Gasteiger partial charge >= 0.3 is 6.36 Å². The van der Waals surface area contributed by atoms with Crippen molar-refractivity contribution in [3.05, 3.63) is 70.3 Å². The Morgan fingerprint density at radius 3 is 2.44 bits per heavy atom. The van der Waals surface area contributed by atoms with Crippen LogP contribution in [-0.2, 0) is 4.79 Å². The molecule has 2 aromatic carbocycles. The van der Waals surface area contributed by atoms with Gasteiger partial charge in [-0.25, -0.2) is 0 Å². The topological polar surface area (TPSA) is 81.5 Å². The van der Waals surface area contributed by atoms with Crippen LogP contribution in [0.1, 0.15) is 5.56 Å². The first kappa shape index (κ1) is 18.0. The number of carbonyl (C=O) groups excluding carboxylic acids is 1. The Labute approximate surface area is 139 Å². The normalized spacial score (nSPS) is 11.3. The van der Waals surface area contributed by atoms with Crippen LogP contribution < -0.4 is 10.1 Å². The molecule has 0 saturated heterocycles. The number of halogens is 3. The molecule has 0 aliphatic heterocycles. The van der Waals surface area contributed by atoms with E-state index in [1.54, 1.807) is 6.07 Å². The quantitative estimate of drug-likeness (QED) is 0.498. The van der Waals surface area contributed by atoms with Gasteiger partial charge in [-0.2, -0.15) is 0 Å². The number of anilines is 1. The molecule has 0 bridgehead atoms. The largest absolute Gasteiger partial charge is 0.573 e. The molecule has 0 aliphatic rings. The summed E-state index contributed by atoms with van der Waals surface area (Å²) in [5, 5.41) is 13.1. The Hall–Kier alpha value is -3.36. The highest BCUT2D eigenvalue weighted by atomic mass is 19.4. The zero-order valence-corrected chi connectivity index (χ0v) is 12.5. The van der Waals surface area contributed by atoms with Crippen molar-refractivity contribution in [3.63, 3.8) is 0 Å². The molecule has 2 rings (SSSR count). The van der Waals surface area contributed by atoms with Crippen molar-refractivity contribution in [2.45, 2.75) is 6.36 Å². The maximum atomic E-state index is 12.3. The standard InChI is InChI=1S/C16H11F3N2O4/c17-16(18,19)25-14-8-4-2-6-12(14)20-15(22)10-9-11-5-1-3-7-13(11)21(23)24/h1-10H,(H,20,22)/b10-9+. The zero-order valence-electron chi connectivity index (χ0n) is 12.5. The summed E-state index contributed by atoms with van der Waals surface area (Å²) in [4.78, 5) is 22.2. The van der Waals surface area contributed by atoms with Gasteiger partial charge in [-0.3, -0.25) is 14.9 Å². The summed E-state index contributed by atoms with van der Waals surface area (Å²) in [5.74, 6) is -1.33. The Morgan fingerprint density at radius 2 is 1.76 bits per heavy atom. The SMILES string of the molecule is O=C(/C=C/c1ccccc1[N+](=O)[O-])Nc1ccccc1OC(F)(F)F. The Bertz CT molecular complexity index is 819. The van der Waals surface area contributed by atoms with Gasteiger partial charge in [0.1, 0.15) is 0 Å². The lowest BCUT2D eigenvalue weighted by molar-refractivity contribution is -0.385. The number of hydrogen-bond donors (Lipinski definition) is 1. The number of benzene rings is 2. The molecular formula is C16H11F3N2O4. The van der Waals surface area contributed by atoms with E-state index >= 15 is 0 Å². The second kappa shape index (κ2) is 7.47. The highest BCUT2D eigenvalue weighted by Crippen LogP contribution is 2.30. The molecule has 0 heterocycles. The van der Waals surface area contributed by atoms with E-state index < -0.39 is 22.9 Å². The Balaban J connectivity index is 2.15. The highest BCUT2D eigenvalue weighted by Gasteiger charge is 2.32. The fourth-order valence-corrected chi connectivity index (χ4v) is 1.92. The predicted molar refractivity (Wildman–Crippen MR) is 83.9 cm³/mol. The molecule has 6 nitrogen and oxygen atoms in total. The predicted octanol–water partition coefficient (Wildman–Crippen LogP) is 4.15. The van der Waals surface area contributed by atoms with Crippen molar-refractivity contribution in [1.29, 1.82) is 0 Å². The van der Waals surface area contributed by atoms with Gasteiger partial charge in [-0.1, -0.05) is 24.3 Å². The molecule has 1 N–H and O–H groups in total. The number of carbonyl (C=O) groups is 1. The number of nitrogens with one attached hydrogen (secondary N) is 1. The average Bonchev–Trinajstić information content (AvgIpc) is 2.53. The van der Waals surface area contributed by atoms with E-state index in [-0.39, 0.29) is 16.9 Å². The van der Waals surface area contributed by atoms with Crippen molar-refractivity contribution in [2.24, 2.45) is 0 Å². The molecule has 0 unspecified atom stereocenters. The number of para-hydroxylation sites is 3. The minimum Gasteiger partial charge on any atom is -0.404 e. The summed E-state index contributed by atoms with van der Waals surface area (Å²) < 4.78 is 40.8. The van der Waals surface area contributed by atoms with Gasteiger partial charge in [-0.05, 0) is 24.3 Å². The number of nitrogens with zero attached hydrogens (tertiary/aromatic N) is 1. The molecule has 9 heteroatoms. The van der Waals surface area contributed by atoms with Gasteiger partial charge in [0.25, 0.3) is 5.69 Å². The van der Waals surface area contributed by atoms with E-state index in [1.165, 1.54) is 42.5 Å². The molecule has 2 aromatic rings. The molecule has 0 atom stereocenters.